The van der Waals surface area contributed by atoms with Gasteiger partial charge in [-0.2, -0.15) is 0 Å². The van der Waals surface area contributed by atoms with Gasteiger partial charge in [-0.25, -0.2) is 0 Å². The molecule has 0 aromatic heterocycles. The Balaban J connectivity index is 2.00. The molecule has 1 N–H and O–H groups in total. The van der Waals surface area contributed by atoms with E-state index < -0.39 is 11.7 Å². The van der Waals surface area contributed by atoms with Crippen molar-refractivity contribution in [3.63, 3.8) is 0 Å². The first-order chi connectivity index (χ1) is 9.58. The van der Waals surface area contributed by atoms with Gasteiger partial charge in [0.15, 0.2) is 0 Å². The average molecular weight is 288 g/mol. The lowest BCUT2D eigenvalue weighted by molar-refractivity contribution is -0.117. The maximum Gasteiger partial charge on any atom is 0.292 e. The quantitative estimate of drug-likeness (QED) is 0.693. The van der Waals surface area contributed by atoms with Crippen LogP contribution in [0.5, 0.6) is 0 Å². The molecule has 2 aromatic carbocycles. The molecule has 2 aromatic rings. The summed E-state index contributed by atoms with van der Waals surface area (Å²) >= 11 is 5.99. The minimum Gasteiger partial charge on any atom is -0.345 e. The number of hydrogen-bond donors (Lipinski definition) is 1. The van der Waals surface area contributed by atoms with Crippen molar-refractivity contribution in [2.24, 2.45) is 0 Å². The molecular weight excluding hydrogens is 274 g/mol. The third-order valence-corrected chi connectivity index (χ3v) is 3.29. The number of ketones is 1. The van der Waals surface area contributed by atoms with Gasteiger partial charge in [-0.05, 0) is 18.6 Å². The van der Waals surface area contributed by atoms with Gasteiger partial charge < -0.3 is 5.32 Å². The van der Waals surface area contributed by atoms with Crippen LogP contribution in [0.1, 0.15) is 21.5 Å². The summed E-state index contributed by atoms with van der Waals surface area (Å²) in [5, 5.41) is 3.15. The largest absolute Gasteiger partial charge is 0.345 e. The minimum atomic E-state index is -0.631. The molecule has 0 radical (unpaired) electrons. The van der Waals surface area contributed by atoms with Crippen molar-refractivity contribution < 1.29 is 9.59 Å². The SMILES string of the molecule is Cc1ccc(C(=O)C(=O)NCc2ccccc2Cl)cc1. The highest BCUT2D eigenvalue weighted by Crippen LogP contribution is 2.14. The van der Waals surface area contributed by atoms with Crippen molar-refractivity contribution >= 4 is 23.3 Å². The highest BCUT2D eigenvalue weighted by atomic mass is 35.5. The predicted molar refractivity (Wildman–Crippen MR) is 78.8 cm³/mol. The Bertz CT molecular complexity index is 635. The first-order valence-electron chi connectivity index (χ1n) is 6.20. The van der Waals surface area contributed by atoms with E-state index in [0.717, 1.165) is 11.1 Å². The highest BCUT2D eigenvalue weighted by molar-refractivity contribution is 6.42. The normalized spacial score (nSPS) is 10.1. The van der Waals surface area contributed by atoms with E-state index in [-0.39, 0.29) is 6.54 Å². The molecule has 0 bridgehead atoms. The van der Waals surface area contributed by atoms with Crippen molar-refractivity contribution in [2.45, 2.75) is 13.5 Å². The van der Waals surface area contributed by atoms with Gasteiger partial charge in [-0.15, -0.1) is 0 Å². The minimum absolute atomic E-state index is 0.232. The van der Waals surface area contributed by atoms with E-state index in [1.54, 1.807) is 36.4 Å². The maximum atomic E-state index is 11.9. The molecule has 0 heterocycles. The molecule has 0 saturated heterocycles. The Morgan fingerprint density at radius 1 is 1.05 bits per heavy atom. The number of Topliss-reactive ketones (excluding diaryl/α,β-unsaturated/α-hetero) is 1. The van der Waals surface area contributed by atoms with Crippen molar-refractivity contribution in [1.29, 1.82) is 0 Å². The lowest BCUT2D eigenvalue weighted by Crippen LogP contribution is -2.30. The lowest BCUT2D eigenvalue weighted by atomic mass is 10.1. The summed E-state index contributed by atoms with van der Waals surface area (Å²) in [5.41, 5.74) is 2.20. The molecule has 0 aliphatic heterocycles. The fourth-order valence-corrected chi connectivity index (χ4v) is 1.94. The van der Waals surface area contributed by atoms with Gasteiger partial charge in [-0.1, -0.05) is 59.6 Å². The number of aryl methyl sites for hydroxylation is 1. The predicted octanol–water partition coefficient (Wildman–Crippen LogP) is 3.15. The topological polar surface area (TPSA) is 46.2 Å². The van der Waals surface area contributed by atoms with E-state index >= 15 is 0 Å². The Morgan fingerprint density at radius 3 is 2.35 bits per heavy atom. The lowest BCUT2D eigenvalue weighted by Gasteiger charge is -2.06. The van der Waals surface area contributed by atoms with Crippen LogP contribution in [0.3, 0.4) is 0 Å². The zero-order valence-corrected chi connectivity index (χ0v) is 11.8. The van der Waals surface area contributed by atoms with E-state index in [0.29, 0.717) is 10.6 Å². The molecule has 4 heteroatoms. The Labute approximate surface area is 122 Å². The van der Waals surface area contributed by atoms with Gasteiger partial charge in [0.1, 0.15) is 0 Å². The number of amides is 1. The molecule has 0 aliphatic rings. The van der Waals surface area contributed by atoms with E-state index in [9.17, 15) is 9.59 Å². The van der Waals surface area contributed by atoms with Crippen LogP contribution in [0.2, 0.25) is 5.02 Å². The zero-order chi connectivity index (χ0) is 14.5. The van der Waals surface area contributed by atoms with Crippen LogP contribution >= 0.6 is 11.6 Å². The summed E-state index contributed by atoms with van der Waals surface area (Å²) in [6.07, 6.45) is 0. The smallest absolute Gasteiger partial charge is 0.292 e. The number of rotatable bonds is 4. The highest BCUT2D eigenvalue weighted by Gasteiger charge is 2.15. The second-order valence-electron chi connectivity index (χ2n) is 4.47. The van der Waals surface area contributed by atoms with Gasteiger partial charge in [0.2, 0.25) is 5.78 Å². The number of nitrogens with one attached hydrogen (secondary N) is 1. The first-order valence-corrected chi connectivity index (χ1v) is 6.58. The van der Waals surface area contributed by atoms with Crippen molar-refractivity contribution in [3.8, 4) is 0 Å². The molecule has 0 fully saturated rings. The second-order valence-corrected chi connectivity index (χ2v) is 4.88. The van der Waals surface area contributed by atoms with Crippen molar-refractivity contribution in [1.82, 2.24) is 5.32 Å². The van der Waals surface area contributed by atoms with Crippen molar-refractivity contribution in [3.05, 3.63) is 70.2 Å². The molecule has 0 atom stereocenters. The number of carbonyl (C=O) groups is 2. The number of carbonyl (C=O) groups excluding carboxylic acids is 2. The summed E-state index contributed by atoms with van der Waals surface area (Å²) < 4.78 is 0. The fraction of sp³-hybridized carbons (Fsp3) is 0.125. The Kier molecular flexibility index (Phi) is 4.53. The fourth-order valence-electron chi connectivity index (χ4n) is 1.73. The van der Waals surface area contributed by atoms with Crippen LogP contribution in [-0.4, -0.2) is 11.7 Å². The third kappa shape index (κ3) is 3.45. The second kappa shape index (κ2) is 6.35. The molecular formula is C16H14ClNO2. The maximum absolute atomic E-state index is 11.9. The van der Waals surface area contributed by atoms with E-state index in [2.05, 4.69) is 5.32 Å². The van der Waals surface area contributed by atoms with Crippen molar-refractivity contribution in [2.75, 3.05) is 0 Å². The molecule has 0 aliphatic carbocycles. The zero-order valence-electron chi connectivity index (χ0n) is 11.0. The molecule has 102 valence electrons. The first kappa shape index (κ1) is 14.3. The van der Waals surface area contributed by atoms with Crippen LogP contribution in [0.25, 0.3) is 0 Å². The molecule has 0 spiro atoms. The monoisotopic (exact) mass is 287 g/mol. The van der Waals surface area contributed by atoms with Gasteiger partial charge in [0, 0.05) is 17.1 Å². The third-order valence-electron chi connectivity index (χ3n) is 2.92. The molecule has 0 saturated carbocycles. The summed E-state index contributed by atoms with van der Waals surface area (Å²) in [6, 6.07) is 14.1. The van der Waals surface area contributed by atoms with Crippen LogP contribution < -0.4 is 5.32 Å². The molecule has 1 amide bonds. The number of hydrogen-bond acceptors (Lipinski definition) is 2. The summed E-state index contributed by atoms with van der Waals surface area (Å²) in [4.78, 5) is 23.7. The van der Waals surface area contributed by atoms with Crippen LogP contribution in [-0.2, 0) is 11.3 Å². The van der Waals surface area contributed by atoms with Gasteiger partial charge in [-0.3, -0.25) is 9.59 Å². The van der Waals surface area contributed by atoms with Crippen LogP contribution in [0, 0.1) is 6.92 Å². The van der Waals surface area contributed by atoms with Gasteiger partial charge >= 0.3 is 0 Å². The standard InChI is InChI=1S/C16H14ClNO2/c1-11-6-8-12(9-7-11)15(19)16(20)18-10-13-4-2-3-5-14(13)17/h2-9H,10H2,1H3,(H,18,20). The van der Waals surface area contributed by atoms with E-state index in [1.165, 1.54) is 0 Å². The summed E-state index contributed by atoms with van der Waals surface area (Å²) in [7, 11) is 0. The van der Waals surface area contributed by atoms with Crippen LogP contribution in [0.15, 0.2) is 48.5 Å². The van der Waals surface area contributed by atoms with Crippen LogP contribution in [0.4, 0.5) is 0 Å². The summed E-state index contributed by atoms with van der Waals surface area (Å²) in [6.45, 7) is 2.15. The van der Waals surface area contributed by atoms with E-state index in [1.807, 2.05) is 19.1 Å². The number of halogens is 1. The molecule has 0 unspecified atom stereocenters. The Morgan fingerprint density at radius 2 is 1.70 bits per heavy atom. The van der Waals surface area contributed by atoms with Gasteiger partial charge in [0.05, 0.1) is 0 Å². The average Bonchev–Trinajstić information content (AvgIpc) is 2.46. The number of benzene rings is 2. The molecule has 3 nitrogen and oxygen atoms in total. The Hall–Kier alpha value is -2.13. The molecule has 20 heavy (non-hydrogen) atoms. The van der Waals surface area contributed by atoms with Gasteiger partial charge in [0.25, 0.3) is 5.91 Å². The van der Waals surface area contributed by atoms with E-state index in [4.69, 9.17) is 11.6 Å². The molecule has 2 rings (SSSR count). The summed E-state index contributed by atoms with van der Waals surface area (Å²) in [5.74, 6) is -1.18.